The average Bonchev–Trinajstić information content (AvgIpc) is 3.06. The second-order valence-corrected chi connectivity index (χ2v) is 7.84. The topological polar surface area (TPSA) is 96.2 Å². The van der Waals surface area contributed by atoms with E-state index in [1.807, 2.05) is 6.07 Å². The average molecular weight is 410 g/mol. The molecule has 1 aromatic carbocycles. The first kappa shape index (κ1) is 20.2. The number of aromatic amines is 1. The molecule has 158 valence electrons. The molecular formula is C21H26N6O3. The first-order chi connectivity index (χ1) is 14.4. The van der Waals surface area contributed by atoms with E-state index in [0.29, 0.717) is 18.0 Å². The minimum absolute atomic E-state index is 0.0566. The maximum atomic E-state index is 12.4. The summed E-state index contributed by atoms with van der Waals surface area (Å²) in [5, 5.41) is 0. The Kier molecular flexibility index (Phi) is 5.65. The van der Waals surface area contributed by atoms with Gasteiger partial charge in [-0.2, -0.15) is 0 Å². The van der Waals surface area contributed by atoms with E-state index in [0.717, 1.165) is 32.7 Å². The smallest absolute Gasteiger partial charge is 0.314 e. The molecule has 0 spiro atoms. The second-order valence-electron chi connectivity index (χ2n) is 7.84. The molecule has 30 heavy (non-hydrogen) atoms. The van der Waals surface area contributed by atoms with Crippen molar-refractivity contribution in [2.75, 3.05) is 26.2 Å². The van der Waals surface area contributed by atoms with Crippen LogP contribution in [0.1, 0.15) is 18.3 Å². The van der Waals surface area contributed by atoms with E-state index < -0.39 is 11.2 Å². The van der Waals surface area contributed by atoms with E-state index in [1.54, 1.807) is 11.6 Å². The summed E-state index contributed by atoms with van der Waals surface area (Å²) >= 11 is 0. The Bertz CT molecular complexity index is 1170. The molecule has 1 N–H and O–H groups in total. The molecule has 0 unspecified atom stereocenters. The van der Waals surface area contributed by atoms with Crippen LogP contribution in [-0.2, 0) is 31.5 Å². The number of aryl methyl sites for hydroxylation is 1. The van der Waals surface area contributed by atoms with Crippen LogP contribution in [0.5, 0.6) is 0 Å². The third-order valence-corrected chi connectivity index (χ3v) is 5.55. The maximum absolute atomic E-state index is 12.4. The van der Waals surface area contributed by atoms with Crippen LogP contribution >= 0.6 is 0 Å². The molecule has 9 heteroatoms. The monoisotopic (exact) mass is 410 g/mol. The van der Waals surface area contributed by atoms with Gasteiger partial charge >= 0.3 is 5.69 Å². The fourth-order valence-corrected chi connectivity index (χ4v) is 3.94. The summed E-state index contributed by atoms with van der Waals surface area (Å²) in [6.45, 7) is 6.58. The molecule has 1 aliphatic heterocycles. The van der Waals surface area contributed by atoms with Gasteiger partial charge in [0.25, 0.3) is 5.56 Å². The number of hydrogen-bond donors (Lipinski definition) is 1. The number of carbonyl (C=O) groups is 1. The Morgan fingerprint density at radius 1 is 1.03 bits per heavy atom. The number of Topliss-reactive ketones (excluding diaryl/α,β-unsaturated/α-hetero) is 1. The van der Waals surface area contributed by atoms with Crippen LogP contribution in [0.15, 0.2) is 39.9 Å². The molecule has 2 aromatic heterocycles. The van der Waals surface area contributed by atoms with Gasteiger partial charge in [-0.3, -0.25) is 28.9 Å². The lowest BCUT2D eigenvalue weighted by Crippen LogP contribution is -2.45. The predicted octanol–water partition coefficient (Wildman–Crippen LogP) is 0.330. The van der Waals surface area contributed by atoms with E-state index in [2.05, 4.69) is 44.0 Å². The number of imidazole rings is 1. The minimum atomic E-state index is -0.513. The van der Waals surface area contributed by atoms with Crippen LogP contribution in [0.25, 0.3) is 11.2 Å². The van der Waals surface area contributed by atoms with Crippen molar-refractivity contribution in [2.24, 2.45) is 7.05 Å². The number of nitrogens with one attached hydrogen (secondary N) is 1. The first-order valence-electron chi connectivity index (χ1n) is 10.1. The molecule has 1 saturated heterocycles. The van der Waals surface area contributed by atoms with Gasteiger partial charge < -0.3 is 4.57 Å². The Morgan fingerprint density at radius 3 is 2.30 bits per heavy atom. The van der Waals surface area contributed by atoms with Crippen molar-refractivity contribution in [1.82, 2.24) is 28.9 Å². The number of benzene rings is 1. The number of rotatable bonds is 6. The number of H-pyrrole nitrogens is 1. The number of aromatic nitrogens is 4. The summed E-state index contributed by atoms with van der Waals surface area (Å²) in [6.07, 6.45) is 0. The number of fused-ring (bicyclic) bond motifs is 1. The molecule has 9 nitrogen and oxygen atoms in total. The zero-order valence-corrected chi connectivity index (χ0v) is 17.3. The van der Waals surface area contributed by atoms with Gasteiger partial charge in [0.2, 0.25) is 0 Å². The number of nitrogens with zero attached hydrogens (tertiary/aromatic N) is 5. The number of ketones is 1. The number of carbonyl (C=O) groups excluding carboxylic acids is 1. The third-order valence-electron chi connectivity index (χ3n) is 5.55. The van der Waals surface area contributed by atoms with Crippen molar-refractivity contribution >= 4 is 16.9 Å². The normalized spacial score (nSPS) is 15.7. The molecule has 0 amide bonds. The minimum Gasteiger partial charge on any atom is -0.314 e. The highest BCUT2D eigenvalue weighted by molar-refractivity contribution is 5.79. The third kappa shape index (κ3) is 4.12. The molecule has 0 aliphatic carbocycles. The summed E-state index contributed by atoms with van der Waals surface area (Å²) < 4.78 is 2.96. The van der Waals surface area contributed by atoms with Crippen LogP contribution in [0, 0.1) is 0 Å². The van der Waals surface area contributed by atoms with Crippen LogP contribution in [0.2, 0.25) is 0 Å². The Balaban J connectivity index is 1.53. The van der Waals surface area contributed by atoms with Gasteiger partial charge in [-0.15, -0.1) is 0 Å². The van der Waals surface area contributed by atoms with Crippen LogP contribution in [0.3, 0.4) is 0 Å². The van der Waals surface area contributed by atoms with E-state index in [1.165, 1.54) is 17.1 Å². The Morgan fingerprint density at radius 2 is 1.67 bits per heavy atom. The highest BCUT2D eigenvalue weighted by Crippen LogP contribution is 2.15. The van der Waals surface area contributed by atoms with Gasteiger partial charge in [-0.05, 0) is 12.5 Å². The molecule has 0 saturated carbocycles. The summed E-state index contributed by atoms with van der Waals surface area (Å²) in [4.78, 5) is 47.7. The van der Waals surface area contributed by atoms with Crippen molar-refractivity contribution in [3.05, 3.63) is 62.6 Å². The lowest BCUT2D eigenvalue weighted by molar-refractivity contribution is -0.117. The molecule has 1 fully saturated rings. The van der Waals surface area contributed by atoms with Gasteiger partial charge in [-0.25, -0.2) is 9.78 Å². The quantitative estimate of drug-likeness (QED) is 0.629. The predicted molar refractivity (Wildman–Crippen MR) is 113 cm³/mol. The second kappa shape index (κ2) is 8.37. The lowest BCUT2D eigenvalue weighted by Gasteiger charge is -2.34. The first-order valence-corrected chi connectivity index (χ1v) is 10.1. The van der Waals surface area contributed by atoms with E-state index in [9.17, 15) is 14.4 Å². The highest BCUT2D eigenvalue weighted by atomic mass is 16.2. The Labute approximate surface area is 173 Å². The number of piperazine rings is 1. The molecule has 4 rings (SSSR count). The van der Waals surface area contributed by atoms with E-state index in [-0.39, 0.29) is 17.8 Å². The SMILES string of the molecule is CC(=O)Cn1c(CN2CCN(Cc3ccccc3)CC2)nc2c1c(=O)[nH]c(=O)n2C. The largest absolute Gasteiger partial charge is 0.329 e. The van der Waals surface area contributed by atoms with Crippen LogP contribution < -0.4 is 11.2 Å². The molecular weight excluding hydrogens is 384 g/mol. The molecule has 0 atom stereocenters. The molecule has 0 radical (unpaired) electrons. The summed E-state index contributed by atoms with van der Waals surface area (Å²) in [6, 6.07) is 10.4. The van der Waals surface area contributed by atoms with Crippen molar-refractivity contribution in [3.63, 3.8) is 0 Å². The summed E-state index contributed by atoms with van der Waals surface area (Å²) in [5.41, 5.74) is 0.851. The molecule has 3 aromatic rings. The maximum Gasteiger partial charge on any atom is 0.329 e. The van der Waals surface area contributed by atoms with Crippen LogP contribution in [0.4, 0.5) is 0 Å². The zero-order valence-electron chi connectivity index (χ0n) is 17.3. The lowest BCUT2D eigenvalue weighted by atomic mass is 10.2. The van der Waals surface area contributed by atoms with Crippen molar-refractivity contribution in [3.8, 4) is 0 Å². The molecule has 3 heterocycles. The van der Waals surface area contributed by atoms with E-state index in [4.69, 9.17) is 0 Å². The van der Waals surface area contributed by atoms with Gasteiger partial charge in [0.1, 0.15) is 11.6 Å². The van der Waals surface area contributed by atoms with Gasteiger partial charge in [0, 0.05) is 39.8 Å². The van der Waals surface area contributed by atoms with Gasteiger partial charge in [0.15, 0.2) is 11.2 Å². The molecule has 0 bridgehead atoms. The van der Waals surface area contributed by atoms with E-state index >= 15 is 0 Å². The van der Waals surface area contributed by atoms with Crippen molar-refractivity contribution in [1.29, 1.82) is 0 Å². The fourth-order valence-electron chi connectivity index (χ4n) is 3.94. The Hall–Kier alpha value is -3.04. The van der Waals surface area contributed by atoms with Crippen LogP contribution in [-0.4, -0.2) is 60.9 Å². The zero-order chi connectivity index (χ0) is 21.3. The summed E-state index contributed by atoms with van der Waals surface area (Å²) in [7, 11) is 1.57. The molecule has 1 aliphatic rings. The van der Waals surface area contributed by atoms with Gasteiger partial charge in [0.05, 0.1) is 13.1 Å². The highest BCUT2D eigenvalue weighted by Gasteiger charge is 2.22. The number of hydrogen-bond acceptors (Lipinski definition) is 6. The van der Waals surface area contributed by atoms with Crippen molar-refractivity contribution < 1.29 is 4.79 Å². The van der Waals surface area contributed by atoms with Gasteiger partial charge in [-0.1, -0.05) is 30.3 Å². The van der Waals surface area contributed by atoms with Crippen molar-refractivity contribution in [2.45, 2.75) is 26.6 Å². The fraction of sp³-hybridized carbons (Fsp3) is 0.429. The standard InChI is InChI=1S/C21H26N6O3/c1-15(28)12-27-17(22-19-18(27)20(29)23-21(30)24(19)2)14-26-10-8-25(9-11-26)13-16-6-4-3-5-7-16/h3-7H,8-14H2,1-2H3,(H,23,29,30). The summed E-state index contributed by atoms with van der Waals surface area (Å²) in [5.74, 6) is 0.555.